The Morgan fingerprint density at radius 2 is 1.44 bits per heavy atom. The molecule has 3 heterocycles. The molecule has 16 heteroatoms. The van der Waals surface area contributed by atoms with E-state index in [1.54, 1.807) is 41.4 Å². The number of rotatable bonds is 16. The molecule has 0 saturated carbocycles. The molecule has 0 spiro atoms. The molecule has 1 N–H and O–H groups in total. The summed E-state index contributed by atoms with van der Waals surface area (Å²) in [6.45, 7) is 11.7. The number of hydrogen-bond donors (Lipinski definition) is 1. The minimum atomic E-state index is -2.67. The molecular formula is C43H48IN5O9Si. The van der Waals surface area contributed by atoms with Gasteiger partial charge in [-0.25, -0.2) is 15.0 Å². The standard InChI is InChI=1S/C43H48IN5O9Si/c1-27(50)48-39-36-40(46-25-45-39)49(26-47-36)41-38(58-59(7,8)42(2,3)4)37(57-35(52)23-22-34(44)51)33(56-41)24-55-43(28-12-10-9-11-13-28,29-14-18-31(53-5)19-15-29)30-16-20-32(54-6)21-17-30/h9-21,25-26,38,41H,22-24H2,1-8H3,(H,45,46,48,50)/t38?,41-/m1/s1. The minimum absolute atomic E-state index is 0.0163. The molecule has 310 valence electrons. The number of aromatic nitrogens is 4. The summed E-state index contributed by atoms with van der Waals surface area (Å²) in [5.74, 6) is 0.881. The molecule has 6 rings (SSSR count). The van der Waals surface area contributed by atoms with E-state index in [9.17, 15) is 14.4 Å². The third-order valence-corrected chi connectivity index (χ3v) is 15.5. The van der Waals surface area contributed by atoms with Gasteiger partial charge in [0.2, 0.25) is 12.1 Å². The highest BCUT2D eigenvalue weighted by atomic mass is 127. The Balaban J connectivity index is 1.54. The first-order chi connectivity index (χ1) is 28.1. The summed E-state index contributed by atoms with van der Waals surface area (Å²) in [6.07, 6.45) is 0.662. The number of ether oxygens (including phenoxy) is 5. The van der Waals surface area contributed by atoms with Crippen LogP contribution in [0.1, 0.15) is 63.5 Å². The number of halogens is 1. The predicted molar refractivity (Wildman–Crippen MR) is 231 cm³/mol. The van der Waals surface area contributed by atoms with E-state index in [1.807, 2.05) is 78.9 Å². The van der Waals surface area contributed by atoms with Crippen LogP contribution in [0.15, 0.2) is 103 Å². The van der Waals surface area contributed by atoms with Gasteiger partial charge in [0.25, 0.3) is 0 Å². The minimum Gasteiger partial charge on any atom is -0.497 e. The summed E-state index contributed by atoms with van der Waals surface area (Å²) in [4.78, 5) is 51.0. The van der Waals surface area contributed by atoms with Crippen LogP contribution in [0.3, 0.4) is 0 Å². The van der Waals surface area contributed by atoms with E-state index >= 15 is 0 Å². The van der Waals surface area contributed by atoms with E-state index in [0.717, 1.165) is 16.7 Å². The number of hydrogen-bond acceptors (Lipinski definition) is 12. The van der Waals surface area contributed by atoms with Crippen molar-refractivity contribution in [1.29, 1.82) is 0 Å². The Hall–Kier alpha value is -5.17. The molecule has 1 amide bonds. The van der Waals surface area contributed by atoms with Gasteiger partial charge in [0.15, 0.2) is 46.7 Å². The Bertz CT molecular complexity index is 2280. The number of nitrogens with one attached hydrogen (secondary N) is 1. The summed E-state index contributed by atoms with van der Waals surface area (Å²) < 4.78 is 40.0. The van der Waals surface area contributed by atoms with Gasteiger partial charge < -0.3 is 33.4 Å². The Morgan fingerprint density at radius 1 is 0.847 bits per heavy atom. The fraction of sp³-hybridized carbons (Fsp3) is 0.349. The second kappa shape index (κ2) is 18.0. The molecule has 0 bridgehead atoms. The summed E-state index contributed by atoms with van der Waals surface area (Å²) in [7, 11) is 0.549. The number of imidazole rings is 1. The van der Waals surface area contributed by atoms with Crippen molar-refractivity contribution in [2.75, 3.05) is 26.1 Å². The second-order valence-corrected chi connectivity index (χ2v) is 21.4. The number of fused-ring (bicyclic) bond motifs is 1. The van der Waals surface area contributed by atoms with Crippen LogP contribution in [0.4, 0.5) is 5.82 Å². The number of carbonyl (C=O) groups excluding carboxylic acids is 3. The molecule has 5 aromatic rings. The van der Waals surface area contributed by atoms with Crippen LogP contribution in [-0.4, -0.2) is 70.4 Å². The smallest absolute Gasteiger partial charge is 0.311 e. The summed E-state index contributed by atoms with van der Waals surface area (Å²) >= 11 is 1.66. The number of methoxy groups -OCH3 is 2. The van der Waals surface area contributed by atoms with Gasteiger partial charge in [-0.2, -0.15) is 0 Å². The monoisotopic (exact) mass is 933 g/mol. The normalized spacial score (nSPS) is 15.8. The fourth-order valence-corrected chi connectivity index (χ4v) is 7.98. The molecule has 3 aromatic carbocycles. The maximum atomic E-state index is 13.6. The zero-order valence-corrected chi connectivity index (χ0v) is 37.4. The summed E-state index contributed by atoms with van der Waals surface area (Å²) in [6, 6.07) is 25.0. The molecule has 14 nitrogen and oxygen atoms in total. The Morgan fingerprint density at radius 3 is 1.98 bits per heavy atom. The number of esters is 1. The first-order valence-corrected chi connectivity index (χ1v) is 23.0. The van der Waals surface area contributed by atoms with E-state index in [2.05, 4.69) is 54.1 Å². The highest BCUT2D eigenvalue weighted by Crippen LogP contribution is 2.47. The van der Waals surface area contributed by atoms with Crippen LogP contribution in [-0.2, 0) is 38.6 Å². The van der Waals surface area contributed by atoms with Gasteiger partial charge in [-0.3, -0.25) is 19.0 Å². The van der Waals surface area contributed by atoms with Crippen LogP contribution >= 0.6 is 22.6 Å². The number of amides is 1. The molecule has 2 atom stereocenters. The van der Waals surface area contributed by atoms with Crippen molar-refractivity contribution < 1.29 is 42.5 Å². The largest absolute Gasteiger partial charge is 0.497 e. The number of nitrogens with zero attached hydrogens (tertiary/aromatic N) is 4. The number of anilines is 1. The lowest BCUT2D eigenvalue weighted by atomic mass is 9.80. The van der Waals surface area contributed by atoms with Crippen LogP contribution in [0.25, 0.3) is 11.2 Å². The highest BCUT2D eigenvalue weighted by Gasteiger charge is 2.50. The molecule has 1 aliphatic rings. The van der Waals surface area contributed by atoms with Gasteiger partial charge >= 0.3 is 5.97 Å². The van der Waals surface area contributed by atoms with E-state index in [0.29, 0.717) is 22.7 Å². The van der Waals surface area contributed by atoms with Gasteiger partial charge in [0.05, 0.1) is 20.6 Å². The van der Waals surface area contributed by atoms with E-state index in [1.165, 1.54) is 19.6 Å². The average Bonchev–Trinajstić information content (AvgIpc) is 3.78. The highest BCUT2D eigenvalue weighted by molar-refractivity contribution is 14.1. The van der Waals surface area contributed by atoms with E-state index in [-0.39, 0.29) is 51.5 Å². The maximum Gasteiger partial charge on any atom is 0.311 e. The molecule has 0 saturated heterocycles. The first-order valence-electron chi connectivity index (χ1n) is 19.0. The second-order valence-electron chi connectivity index (χ2n) is 15.4. The zero-order chi connectivity index (χ0) is 42.5. The van der Waals surface area contributed by atoms with Crippen molar-refractivity contribution in [3.8, 4) is 11.5 Å². The molecule has 1 aliphatic heterocycles. The van der Waals surface area contributed by atoms with Crippen molar-refractivity contribution in [3.63, 3.8) is 0 Å². The third-order valence-electron chi connectivity index (χ3n) is 10.6. The van der Waals surface area contributed by atoms with Crippen molar-refractivity contribution in [2.24, 2.45) is 0 Å². The summed E-state index contributed by atoms with van der Waals surface area (Å²) in [5.41, 5.74) is 1.77. The molecule has 59 heavy (non-hydrogen) atoms. The maximum absolute atomic E-state index is 13.6. The Labute approximate surface area is 357 Å². The van der Waals surface area contributed by atoms with Crippen molar-refractivity contribution >= 4 is 63.6 Å². The van der Waals surface area contributed by atoms with E-state index < -0.39 is 32.2 Å². The fourth-order valence-electron chi connectivity index (χ4n) is 6.50. The van der Waals surface area contributed by atoms with Gasteiger partial charge in [0.1, 0.15) is 36.4 Å². The SMILES string of the molecule is COc1ccc(C(OCC2=C(OC(=O)CCC(=O)I)C(O[Si](C)(C)C(C)(C)C)[C@H](n3cnc4c(NC(C)=O)ncnc43)O2)(c2ccccc2)c2ccc(OC)cc2)cc1. The molecule has 1 unspecified atom stereocenters. The van der Waals surface area contributed by atoms with Crippen LogP contribution in [0, 0.1) is 0 Å². The van der Waals surface area contributed by atoms with Gasteiger partial charge in [-0.05, 0) is 81.7 Å². The van der Waals surface area contributed by atoms with Gasteiger partial charge in [0, 0.05) is 13.3 Å². The summed E-state index contributed by atoms with van der Waals surface area (Å²) in [5, 5.41) is 2.44. The number of benzene rings is 3. The van der Waals surface area contributed by atoms with Crippen molar-refractivity contribution in [1.82, 2.24) is 19.5 Å². The third kappa shape index (κ3) is 9.35. The first kappa shape index (κ1) is 43.4. The quantitative estimate of drug-likeness (QED) is 0.0332. The molecular weight excluding hydrogens is 885 g/mol. The van der Waals surface area contributed by atoms with Crippen LogP contribution < -0.4 is 14.8 Å². The lowest BCUT2D eigenvalue weighted by Crippen LogP contribution is -2.46. The molecule has 2 aromatic heterocycles. The topological polar surface area (TPSA) is 162 Å². The van der Waals surface area contributed by atoms with Gasteiger partial charge in [-0.15, -0.1) is 0 Å². The van der Waals surface area contributed by atoms with Crippen LogP contribution in [0.2, 0.25) is 18.1 Å². The lowest BCUT2D eigenvalue weighted by Gasteiger charge is -2.39. The predicted octanol–water partition coefficient (Wildman–Crippen LogP) is 8.23. The van der Waals surface area contributed by atoms with Crippen LogP contribution in [0.5, 0.6) is 11.5 Å². The van der Waals surface area contributed by atoms with Gasteiger partial charge in [-0.1, -0.05) is 75.4 Å². The van der Waals surface area contributed by atoms with E-state index in [4.69, 9.17) is 28.1 Å². The zero-order valence-electron chi connectivity index (χ0n) is 34.3. The average molecular weight is 934 g/mol. The van der Waals surface area contributed by atoms with Crippen molar-refractivity contribution in [3.05, 3.63) is 120 Å². The molecule has 0 fully saturated rings. The Kier molecular flexibility index (Phi) is 13.2. The molecule has 0 aliphatic carbocycles. The number of carbonyl (C=O) groups is 3. The van der Waals surface area contributed by atoms with Crippen molar-refractivity contribution in [2.45, 2.75) is 76.6 Å². The molecule has 0 radical (unpaired) electrons. The lowest BCUT2D eigenvalue weighted by molar-refractivity contribution is -0.142.